The third-order valence-electron chi connectivity index (χ3n) is 4.08. The zero-order valence-corrected chi connectivity index (χ0v) is 16.7. The number of carbonyl (C=O) groups is 2. The van der Waals surface area contributed by atoms with Crippen LogP contribution < -0.4 is 10.6 Å². The van der Waals surface area contributed by atoms with Crippen molar-refractivity contribution >= 4 is 11.8 Å². The van der Waals surface area contributed by atoms with Gasteiger partial charge in [-0.2, -0.15) is 0 Å². The molecule has 0 fully saturated rings. The van der Waals surface area contributed by atoms with Crippen LogP contribution in [0.4, 0.5) is 0 Å². The second-order valence-electron chi connectivity index (χ2n) is 8.51. The van der Waals surface area contributed by atoms with E-state index in [1.54, 1.807) is 19.1 Å². The molecule has 0 aliphatic carbocycles. The van der Waals surface area contributed by atoms with Gasteiger partial charge in [0.1, 0.15) is 11.8 Å². The van der Waals surface area contributed by atoms with Gasteiger partial charge in [0.15, 0.2) is 0 Å². The summed E-state index contributed by atoms with van der Waals surface area (Å²) in [6.45, 7) is 16.0. The van der Waals surface area contributed by atoms with Crippen LogP contribution in [-0.2, 0) is 15.6 Å². The van der Waals surface area contributed by atoms with Crippen molar-refractivity contribution in [2.45, 2.75) is 72.3 Å². The number of carbonyl (C=O) groups excluding carboxylic acids is 2. The summed E-state index contributed by atoms with van der Waals surface area (Å²) < 4.78 is 0. The van der Waals surface area contributed by atoms with Gasteiger partial charge >= 0.3 is 0 Å². The molecule has 1 aromatic carbocycles. The third-order valence-corrected chi connectivity index (χ3v) is 4.08. The Morgan fingerprint density at radius 3 is 1.84 bits per heavy atom. The van der Waals surface area contributed by atoms with Gasteiger partial charge in [0, 0.05) is 23.2 Å². The van der Waals surface area contributed by atoms with E-state index >= 15 is 0 Å². The third kappa shape index (κ3) is 5.21. The van der Waals surface area contributed by atoms with Crippen LogP contribution in [0.25, 0.3) is 0 Å². The molecule has 140 valence electrons. The molecule has 0 radical (unpaired) electrons. The Hall–Kier alpha value is -2.04. The highest BCUT2D eigenvalue weighted by atomic mass is 16.3. The van der Waals surface area contributed by atoms with Crippen LogP contribution in [-0.4, -0.2) is 29.5 Å². The number of aromatic hydroxyl groups is 1. The van der Waals surface area contributed by atoms with Crippen molar-refractivity contribution in [3.8, 4) is 5.75 Å². The lowest BCUT2D eigenvalue weighted by Gasteiger charge is -2.28. The summed E-state index contributed by atoms with van der Waals surface area (Å²) in [4.78, 5) is 24.5. The molecule has 0 saturated heterocycles. The Morgan fingerprint density at radius 1 is 1.04 bits per heavy atom. The van der Waals surface area contributed by atoms with E-state index in [0.29, 0.717) is 12.1 Å². The van der Waals surface area contributed by atoms with Gasteiger partial charge in [-0.05, 0) is 36.8 Å². The molecule has 1 aromatic rings. The van der Waals surface area contributed by atoms with Crippen molar-refractivity contribution in [2.24, 2.45) is 0 Å². The topological polar surface area (TPSA) is 78.4 Å². The van der Waals surface area contributed by atoms with Crippen LogP contribution >= 0.6 is 0 Å². The Balaban J connectivity index is 3.31. The summed E-state index contributed by atoms with van der Waals surface area (Å²) in [5.41, 5.74) is 1.26. The standard InChI is InChI=1S/C20H32N2O3/c1-9-21-17(24)12(2)22-18(25)13-10-14(19(3,4)5)16(23)15(11-13)20(6,7)8/h10-12,23H,9H2,1-8H3,(H,21,24)(H,22,25)/t12-/m1/s1. The molecular formula is C20H32N2O3. The molecule has 0 heterocycles. The highest BCUT2D eigenvalue weighted by Gasteiger charge is 2.28. The van der Waals surface area contributed by atoms with E-state index in [-0.39, 0.29) is 28.4 Å². The quantitative estimate of drug-likeness (QED) is 0.781. The van der Waals surface area contributed by atoms with Crippen molar-refractivity contribution in [2.75, 3.05) is 6.54 Å². The molecule has 0 aromatic heterocycles. The van der Waals surface area contributed by atoms with Crippen LogP contribution in [0.2, 0.25) is 0 Å². The van der Waals surface area contributed by atoms with E-state index in [1.807, 2.05) is 48.5 Å². The Labute approximate surface area is 151 Å². The lowest BCUT2D eigenvalue weighted by atomic mass is 9.78. The summed E-state index contributed by atoms with van der Waals surface area (Å²) in [6.07, 6.45) is 0. The van der Waals surface area contributed by atoms with E-state index in [4.69, 9.17) is 0 Å². The van der Waals surface area contributed by atoms with Gasteiger partial charge in [0.2, 0.25) is 5.91 Å². The van der Waals surface area contributed by atoms with Crippen molar-refractivity contribution in [3.63, 3.8) is 0 Å². The molecule has 0 spiro atoms. The molecule has 0 aliphatic heterocycles. The minimum atomic E-state index is -0.627. The van der Waals surface area contributed by atoms with E-state index in [9.17, 15) is 14.7 Å². The van der Waals surface area contributed by atoms with Crippen molar-refractivity contribution in [3.05, 3.63) is 28.8 Å². The lowest BCUT2D eigenvalue weighted by molar-refractivity contribution is -0.122. The van der Waals surface area contributed by atoms with Crippen LogP contribution in [0, 0.1) is 0 Å². The van der Waals surface area contributed by atoms with Crippen LogP contribution in [0.3, 0.4) is 0 Å². The zero-order chi connectivity index (χ0) is 19.6. The molecule has 5 nitrogen and oxygen atoms in total. The molecule has 1 atom stereocenters. The maximum atomic E-state index is 12.7. The average Bonchev–Trinajstić information content (AvgIpc) is 2.44. The summed E-state index contributed by atoms with van der Waals surface area (Å²) >= 11 is 0. The minimum absolute atomic E-state index is 0.221. The molecule has 0 bridgehead atoms. The van der Waals surface area contributed by atoms with Gasteiger partial charge in [-0.1, -0.05) is 41.5 Å². The van der Waals surface area contributed by atoms with Crippen LogP contribution in [0.15, 0.2) is 12.1 Å². The number of rotatable bonds is 4. The molecule has 25 heavy (non-hydrogen) atoms. The number of likely N-dealkylation sites (N-methyl/N-ethyl adjacent to an activating group) is 1. The summed E-state index contributed by atoms with van der Waals surface area (Å²) in [7, 11) is 0. The van der Waals surface area contributed by atoms with Gasteiger partial charge in [-0.15, -0.1) is 0 Å². The van der Waals surface area contributed by atoms with Gasteiger partial charge in [-0.3, -0.25) is 9.59 Å². The number of hydrogen-bond acceptors (Lipinski definition) is 3. The molecule has 5 heteroatoms. The number of hydrogen-bond donors (Lipinski definition) is 3. The predicted molar refractivity (Wildman–Crippen MR) is 101 cm³/mol. The number of benzene rings is 1. The van der Waals surface area contributed by atoms with E-state index < -0.39 is 6.04 Å². The summed E-state index contributed by atoms with van der Waals surface area (Å²) in [6, 6.07) is 2.80. The van der Waals surface area contributed by atoms with Crippen molar-refractivity contribution in [1.29, 1.82) is 0 Å². The summed E-state index contributed by atoms with van der Waals surface area (Å²) in [5.74, 6) is -0.315. The van der Waals surface area contributed by atoms with Crippen LogP contribution in [0.5, 0.6) is 5.75 Å². The largest absolute Gasteiger partial charge is 0.507 e. The van der Waals surface area contributed by atoms with Crippen LogP contribution in [0.1, 0.15) is 76.9 Å². The zero-order valence-electron chi connectivity index (χ0n) is 16.7. The second kappa shape index (κ2) is 7.46. The minimum Gasteiger partial charge on any atom is -0.507 e. The fourth-order valence-electron chi connectivity index (χ4n) is 2.58. The first-order valence-corrected chi connectivity index (χ1v) is 8.75. The molecule has 0 unspecified atom stereocenters. The SMILES string of the molecule is CCNC(=O)[C@@H](C)NC(=O)c1cc(C(C)(C)C)c(O)c(C(C)(C)C)c1. The fourth-order valence-corrected chi connectivity index (χ4v) is 2.58. The van der Waals surface area contributed by atoms with E-state index in [2.05, 4.69) is 10.6 Å². The number of phenols is 1. The smallest absolute Gasteiger partial charge is 0.251 e. The van der Waals surface area contributed by atoms with E-state index in [1.165, 1.54) is 0 Å². The summed E-state index contributed by atoms with van der Waals surface area (Å²) in [5, 5.41) is 16.1. The number of phenolic OH excluding ortho intramolecular Hbond substituents is 1. The molecule has 2 amide bonds. The first-order chi connectivity index (χ1) is 11.3. The average molecular weight is 348 g/mol. The monoisotopic (exact) mass is 348 g/mol. The van der Waals surface area contributed by atoms with Gasteiger partial charge in [0.25, 0.3) is 5.91 Å². The number of amides is 2. The second-order valence-corrected chi connectivity index (χ2v) is 8.51. The highest BCUT2D eigenvalue weighted by Crippen LogP contribution is 2.39. The maximum absolute atomic E-state index is 12.7. The Bertz CT molecular complexity index is 617. The Kier molecular flexibility index (Phi) is 6.27. The highest BCUT2D eigenvalue weighted by molar-refractivity contribution is 5.98. The first kappa shape index (κ1) is 21.0. The Morgan fingerprint density at radius 2 is 1.48 bits per heavy atom. The van der Waals surface area contributed by atoms with Crippen molar-refractivity contribution in [1.82, 2.24) is 10.6 Å². The van der Waals surface area contributed by atoms with Gasteiger partial charge in [0.05, 0.1) is 0 Å². The maximum Gasteiger partial charge on any atom is 0.251 e. The molecule has 1 rings (SSSR count). The molecular weight excluding hydrogens is 316 g/mol. The van der Waals surface area contributed by atoms with Crippen molar-refractivity contribution < 1.29 is 14.7 Å². The number of nitrogens with one attached hydrogen (secondary N) is 2. The predicted octanol–water partition coefficient (Wildman–Crippen LogP) is 3.24. The van der Waals surface area contributed by atoms with E-state index in [0.717, 1.165) is 11.1 Å². The molecule has 3 N–H and O–H groups in total. The van der Waals surface area contributed by atoms with Gasteiger partial charge < -0.3 is 15.7 Å². The molecule has 0 aliphatic rings. The lowest BCUT2D eigenvalue weighted by Crippen LogP contribution is -2.44. The normalized spacial score (nSPS) is 13.3. The van der Waals surface area contributed by atoms with Gasteiger partial charge in [-0.25, -0.2) is 0 Å². The fraction of sp³-hybridized carbons (Fsp3) is 0.600. The first-order valence-electron chi connectivity index (χ1n) is 8.75. The molecule has 0 saturated carbocycles.